The largest absolute Gasteiger partial charge is 1.00 e. The topological polar surface area (TPSA) is 85.8 Å². The Morgan fingerprint density at radius 2 is 1.89 bits per heavy atom. The van der Waals surface area contributed by atoms with Crippen LogP contribution in [-0.2, 0) is 10.0 Å². The molecule has 7 nitrogen and oxygen atoms in total. The van der Waals surface area contributed by atoms with Crippen LogP contribution in [0, 0.1) is 18.6 Å². The maximum absolute atomic E-state index is 14.5. The molecule has 180 valence electrons. The SMILES string of the molecule is Cc1ccccc1S(=O)(=O)[N-]C(=O)c1cnn2ccc(N3CCC[C@@H]3c3cc(F)ccc3F)cc12.[Na+]. The number of anilines is 1. The molecule has 0 N–H and O–H groups in total. The summed E-state index contributed by atoms with van der Waals surface area (Å²) >= 11 is 0. The second kappa shape index (κ2) is 10.3. The van der Waals surface area contributed by atoms with Crippen molar-refractivity contribution in [2.45, 2.75) is 30.7 Å². The smallest absolute Gasteiger partial charge is 0.537 e. The molecule has 11 heteroatoms. The number of carbonyl (C=O) groups excluding carboxylic acids is 1. The predicted molar refractivity (Wildman–Crippen MR) is 127 cm³/mol. The van der Waals surface area contributed by atoms with Gasteiger partial charge in [-0.05, 0) is 61.7 Å². The first-order valence-electron chi connectivity index (χ1n) is 11.0. The van der Waals surface area contributed by atoms with Crippen molar-refractivity contribution in [2.24, 2.45) is 0 Å². The van der Waals surface area contributed by atoms with Crippen molar-refractivity contribution >= 4 is 27.1 Å². The van der Waals surface area contributed by atoms with Gasteiger partial charge in [0.15, 0.2) is 0 Å². The van der Waals surface area contributed by atoms with Crippen LogP contribution in [0.5, 0.6) is 0 Å². The van der Waals surface area contributed by atoms with Gasteiger partial charge in [-0.2, -0.15) is 5.10 Å². The summed E-state index contributed by atoms with van der Waals surface area (Å²) in [6.07, 6.45) is 4.32. The Kier molecular flexibility index (Phi) is 7.51. The molecule has 0 spiro atoms. The molecule has 0 aliphatic carbocycles. The van der Waals surface area contributed by atoms with E-state index in [0.29, 0.717) is 29.7 Å². The number of nitrogens with zero attached hydrogens (tertiary/aromatic N) is 4. The Hall–Kier alpha value is -2.79. The molecule has 3 heterocycles. The number of halogens is 2. The summed E-state index contributed by atoms with van der Waals surface area (Å²) < 4.78 is 58.8. The fourth-order valence-electron chi connectivity index (χ4n) is 4.54. The van der Waals surface area contributed by atoms with E-state index in [4.69, 9.17) is 0 Å². The van der Waals surface area contributed by atoms with Crippen LogP contribution in [0.4, 0.5) is 14.5 Å². The van der Waals surface area contributed by atoms with Crippen LogP contribution in [0.1, 0.15) is 40.4 Å². The molecular formula is C25H21F2N4NaO3S. The third-order valence-electron chi connectivity index (χ3n) is 6.21. The van der Waals surface area contributed by atoms with E-state index < -0.39 is 27.6 Å². The van der Waals surface area contributed by atoms with Gasteiger partial charge in [0.2, 0.25) is 0 Å². The summed E-state index contributed by atoms with van der Waals surface area (Å²) in [5, 5.41) is 4.14. The minimum absolute atomic E-state index is 0. The molecule has 0 bridgehead atoms. The average Bonchev–Trinajstić information content (AvgIpc) is 3.47. The summed E-state index contributed by atoms with van der Waals surface area (Å²) in [6, 6.07) is 12.8. The molecule has 1 saturated heterocycles. The molecule has 1 amide bonds. The molecule has 2 aromatic heterocycles. The van der Waals surface area contributed by atoms with Crippen LogP contribution in [0.2, 0.25) is 0 Å². The quantitative estimate of drug-likeness (QED) is 0.378. The Labute approximate surface area is 229 Å². The number of hydrogen-bond acceptors (Lipinski definition) is 5. The number of aryl methyl sites for hydroxylation is 1. The van der Waals surface area contributed by atoms with Crippen molar-refractivity contribution < 1.29 is 51.6 Å². The zero-order valence-corrected chi connectivity index (χ0v) is 22.5. The van der Waals surface area contributed by atoms with Crippen LogP contribution >= 0.6 is 0 Å². The fraction of sp³-hybridized carbons (Fsp3) is 0.200. The van der Waals surface area contributed by atoms with Crippen LogP contribution < -0.4 is 34.5 Å². The van der Waals surface area contributed by atoms with E-state index in [1.54, 1.807) is 43.5 Å². The summed E-state index contributed by atoms with van der Waals surface area (Å²) in [4.78, 5) is 14.8. The third kappa shape index (κ3) is 4.90. The molecule has 0 unspecified atom stereocenters. The average molecular weight is 519 g/mol. The van der Waals surface area contributed by atoms with Gasteiger partial charge in [0.05, 0.1) is 28.6 Å². The van der Waals surface area contributed by atoms with Crippen LogP contribution in [-0.4, -0.2) is 30.5 Å². The predicted octanol–water partition coefficient (Wildman–Crippen LogP) is 2.17. The number of hydrogen-bond donors (Lipinski definition) is 0. The summed E-state index contributed by atoms with van der Waals surface area (Å²) in [5.41, 5.74) is 1.82. The van der Waals surface area contributed by atoms with E-state index in [1.165, 1.54) is 22.8 Å². The fourth-order valence-corrected chi connectivity index (χ4v) is 5.68. The maximum Gasteiger partial charge on any atom is 1.00 e. The third-order valence-corrected chi connectivity index (χ3v) is 7.63. The minimum atomic E-state index is -4.21. The van der Waals surface area contributed by atoms with Gasteiger partial charge in [-0.1, -0.05) is 18.2 Å². The first-order chi connectivity index (χ1) is 16.7. The van der Waals surface area contributed by atoms with Gasteiger partial charge < -0.3 is 14.4 Å². The molecule has 1 aliphatic heterocycles. The van der Waals surface area contributed by atoms with Crippen LogP contribution in [0.3, 0.4) is 0 Å². The van der Waals surface area contributed by atoms with Crippen LogP contribution in [0.15, 0.2) is 71.9 Å². The molecule has 1 aliphatic rings. The van der Waals surface area contributed by atoms with E-state index in [-0.39, 0.29) is 51.6 Å². The molecule has 36 heavy (non-hydrogen) atoms. The van der Waals surface area contributed by atoms with Crippen molar-refractivity contribution in [1.82, 2.24) is 9.61 Å². The molecule has 0 radical (unpaired) electrons. The number of amides is 1. The van der Waals surface area contributed by atoms with Gasteiger partial charge in [0, 0.05) is 29.6 Å². The van der Waals surface area contributed by atoms with Crippen LogP contribution in [0.25, 0.3) is 10.2 Å². The van der Waals surface area contributed by atoms with Crippen molar-refractivity contribution in [3.05, 3.63) is 100 Å². The Bertz CT molecular complexity index is 1560. The zero-order chi connectivity index (χ0) is 24.7. The van der Waals surface area contributed by atoms with E-state index in [1.807, 2.05) is 4.90 Å². The molecule has 1 fully saturated rings. The summed E-state index contributed by atoms with van der Waals surface area (Å²) in [5.74, 6) is -1.93. The number of aromatic nitrogens is 2. The first kappa shape index (κ1) is 26.3. The second-order valence-electron chi connectivity index (χ2n) is 8.43. The van der Waals surface area contributed by atoms with Crippen molar-refractivity contribution in [3.63, 3.8) is 0 Å². The number of sulfonamides is 1. The molecule has 5 rings (SSSR count). The van der Waals surface area contributed by atoms with Gasteiger partial charge in [-0.15, -0.1) is 0 Å². The molecular weight excluding hydrogens is 497 g/mol. The standard InChI is InChI=1S/C25H22F2N4O3S.Na/c1-16-5-2-3-7-24(16)35(33,34)29-25(32)20-15-28-31-12-10-18(14-23(20)31)30-11-4-6-22(30)19-13-17(26)8-9-21(19)27;/h2-3,5,7-10,12-15,22H,4,6,11H2,1H3,(H,29,32);/q;+1/p-1/t22-;/m1./s1. The van der Waals surface area contributed by atoms with E-state index >= 15 is 0 Å². The minimum Gasteiger partial charge on any atom is -0.537 e. The Morgan fingerprint density at radius 3 is 2.67 bits per heavy atom. The number of fused-ring (bicyclic) bond motifs is 1. The van der Waals surface area contributed by atoms with E-state index in [2.05, 4.69) is 9.82 Å². The maximum atomic E-state index is 14.5. The van der Waals surface area contributed by atoms with Crippen molar-refractivity contribution in [2.75, 3.05) is 11.4 Å². The van der Waals surface area contributed by atoms with Gasteiger partial charge in [-0.3, -0.25) is 0 Å². The Balaban J connectivity index is 0.00000304. The van der Waals surface area contributed by atoms with Gasteiger partial charge in [-0.25, -0.2) is 21.7 Å². The number of carbonyl (C=O) groups is 1. The van der Waals surface area contributed by atoms with E-state index in [0.717, 1.165) is 18.6 Å². The second-order valence-corrected chi connectivity index (χ2v) is 10.00. The molecule has 0 saturated carbocycles. The molecule has 4 aromatic rings. The number of benzene rings is 2. The number of rotatable bonds is 5. The molecule has 1 atom stereocenters. The van der Waals surface area contributed by atoms with Crippen molar-refractivity contribution in [1.29, 1.82) is 0 Å². The van der Waals surface area contributed by atoms with Gasteiger partial charge in [0.1, 0.15) is 21.7 Å². The Morgan fingerprint density at radius 1 is 1.11 bits per heavy atom. The first-order valence-corrected chi connectivity index (χ1v) is 12.5. The van der Waals surface area contributed by atoms with Crippen molar-refractivity contribution in [3.8, 4) is 0 Å². The normalized spacial score (nSPS) is 15.6. The summed E-state index contributed by atoms with van der Waals surface area (Å²) in [6.45, 7) is 2.24. The number of pyridine rings is 1. The van der Waals surface area contributed by atoms with E-state index in [9.17, 15) is 22.0 Å². The zero-order valence-electron chi connectivity index (χ0n) is 19.7. The summed E-state index contributed by atoms with van der Waals surface area (Å²) in [7, 11) is -4.21. The van der Waals surface area contributed by atoms with Gasteiger partial charge in [0.25, 0.3) is 0 Å². The van der Waals surface area contributed by atoms with Gasteiger partial charge >= 0.3 is 29.6 Å². The molecule has 2 aromatic carbocycles. The monoisotopic (exact) mass is 518 g/mol.